The predicted molar refractivity (Wildman–Crippen MR) is 59.8 cm³/mol. The Morgan fingerprint density at radius 1 is 1.67 bits per heavy atom. The fraction of sp³-hybridized carbons (Fsp3) is 0.545. The lowest BCUT2D eigenvalue weighted by molar-refractivity contribution is -0.154. The van der Waals surface area contributed by atoms with Crippen LogP contribution in [-0.4, -0.2) is 34.6 Å². The van der Waals surface area contributed by atoms with E-state index in [1.165, 1.54) is 0 Å². The number of rotatable bonds is 3. The molecule has 1 N–H and O–H groups in total. The molecule has 2 heterocycles. The van der Waals surface area contributed by atoms with E-state index in [4.69, 9.17) is 0 Å². The molecule has 0 atom stereocenters. The Kier molecular flexibility index (Phi) is 2.80. The van der Waals surface area contributed by atoms with Crippen LogP contribution in [0.2, 0.25) is 0 Å². The molecule has 2 rings (SSSR count). The molecule has 0 radical (unpaired) electrons. The van der Waals surface area contributed by atoms with E-state index in [0.717, 1.165) is 11.3 Å². The molecule has 1 saturated heterocycles. The first-order valence-corrected chi connectivity index (χ1v) is 6.03. The number of carbonyl (C=O) groups excluding carboxylic acids is 1. The largest absolute Gasteiger partial charge is 0.386 e. The lowest BCUT2D eigenvalue weighted by Crippen LogP contribution is -2.63. The van der Waals surface area contributed by atoms with Gasteiger partial charge in [-0.25, -0.2) is 0 Å². The van der Waals surface area contributed by atoms with Crippen molar-refractivity contribution in [2.45, 2.75) is 25.4 Å². The van der Waals surface area contributed by atoms with Crippen molar-refractivity contribution in [3.8, 4) is 0 Å². The van der Waals surface area contributed by atoms with E-state index < -0.39 is 5.60 Å². The average Bonchev–Trinajstić information content (AvgIpc) is 2.65. The molecule has 0 aliphatic carbocycles. The van der Waals surface area contributed by atoms with Crippen molar-refractivity contribution in [3.63, 3.8) is 0 Å². The van der Waals surface area contributed by atoms with Crippen molar-refractivity contribution in [2.24, 2.45) is 0 Å². The van der Waals surface area contributed by atoms with E-state index in [-0.39, 0.29) is 5.91 Å². The van der Waals surface area contributed by atoms with Gasteiger partial charge >= 0.3 is 0 Å². The van der Waals surface area contributed by atoms with Gasteiger partial charge in [-0.05, 0) is 17.9 Å². The van der Waals surface area contributed by atoms with Gasteiger partial charge in [0.15, 0.2) is 0 Å². The predicted octanol–water partition coefficient (Wildman–Crippen LogP) is 1.27. The van der Waals surface area contributed by atoms with Crippen molar-refractivity contribution >= 4 is 17.2 Å². The van der Waals surface area contributed by atoms with Crippen LogP contribution in [0.5, 0.6) is 0 Å². The Hall–Kier alpha value is -0.870. The topological polar surface area (TPSA) is 40.5 Å². The first-order chi connectivity index (χ1) is 7.13. The molecule has 0 aromatic carbocycles. The molecular weight excluding hydrogens is 210 g/mol. The van der Waals surface area contributed by atoms with Gasteiger partial charge in [-0.15, -0.1) is 11.3 Å². The monoisotopic (exact) mass is 225 g/mol. The fourth-order valence-electron chi connectivity index (χ4n) is 1.74. The molecule has 0 bridgehead atoms. The lowest BCUT2D eigenvalue weighted by atomic mass is 9.91. The third-order valence-corrected chi connectivity index (χ3v) is 3.76. The Balaban J connectivity index is 1.85. The molecule has 15 heavy (non-hydrogen) atoms. The van der Waals surface area contributed by atoms with E-state index in [2.05, 4.69) is 0 Å². The summed E-state index contributed by atoms with van der Waals surface area (Å²) < 4.78 is 0. The zero-order chi connectivity index (χ0) is 10.9. The molecule has 1 aromatic heterocycles. The van der Waals surface area contributed by atoms with Crippen LogP contribution in [-0.2, 0) is 11.2 Å². The van der Waals surface area contributed by atoms with Crippen molar-refractivity contribution in [2.75, 3.05) is 13.1 Å². The second-order valence-electron chi connectivity index (χ2n) is 4.08. The average molecular weight is 225 g/mol. The van der Waals surface area contributed by atoms with Crippen molar-refractivity contribution in [1.29, 1.82) is 0 Å². The van der Waals surface area contributed by atoms with E-state index in [1.807, 2.05) is 24.4 Å². The summed E-state index contributed by atoms with van der Waals surface area (Å²) in [6.07, 6.45) is 1.19. The van der Waals surface area contributed by atoms with Gasteiger partial charge in [0.2, 0.25) is 5.91 Å². The number of β-amino-alcohol motifs (C(OH)–C–C–N with tert-alkyl or cyclic N) is 1. The van der Waals surface area contributed by atoms with Crippen LogP contribution in [0.15, 0.2) is 17.5 Å². The number of thiophene rings is 1. The lowest BCUT2D eigenvalue weighted by Gasteiger charge is -2.46. The van der Waals surface area contributed by atoms with E-state index in [0.29, 0.717) is 19.5 Å². The molecule has 3 nitrogen and oxygen atoms in total. The molecule has 1 fully saturated rings. The minimum absolute atomic E-state index is 0.121. The highest BCUT2D eigenvalue weighted by Crippen LogP contribution is 2.25. The molecule has 1 aliphatic rings. The Bertz CT molecular complexity index is 341. The number of hydrogen-bond donors (Lipinski definition) is 1. The van der Waals surface area contributed by atoms with Crippen LogP contribution >= 0.6 is 11.3 Å². The summed E-state index contributed by atoms with van der Waals surface area (Å²) in [5.41, 5.74) is -0.620. The maximum absolute atomic E-state index is 11.7. The highest BCUT2D eigenvalue weighted by Gasteiger charge is 2.41. The van der Waals surface area contributed by atoms with Crippen LogP contribution in [0.25, 0.3) is 0 Å². The smallest absolute Gasteiger partial charge is 0.228 e. The molecule has 0 spiro atoms. The van der Waals surface area contributed by atoms with Crippen LogP contribution in [0.4, 0.5) is 0 Å². The first-order valence-electron chi connectivity index (χ1n) is 5.15. The molecule has 1 aliphatic heterocycles. The fourth-order valence-corrected chi connectivity index (χ4v) is 2.43. The number of aliphatic hydroxyl groups is 1. The van der Waals surface area contributed by atoms with Crippen molar-refractivity contribution in [1.82, 2.24) is 4.90 Å². The number of carbonyl (C=O) groups is 1. The standard InChI is InChI=1S/C11H15NO2S/c1-2-11(14)7-12(8-11)10(13)6-9-4-3-5-15-9/h3-5,14H,2,6-8H2,1H3. The quantitative estimate of drug-likeness (QED) is 0.841. The van der Waals surface area contributed by atoms with Crippen molar-refractivity contribution < 1.29 is 9.90 Å². The third kappa shape index (κ3) is 2.21. The minimum atomic E-state index is -0.620. The number of hydrogen-bond acceptors (Lipinski definition) is 3. The number of nitrogens with zero attached hydrogens (tertiary/aromatic N) is 1. The molecule has 82 valence electrons. The Morgan fingerprint density at radius 2 is 2.40 bits per heavy atom. The Labute approximate surface area is 93.3 Å². The maximum Gasteiger partial charge on any atom is 0.228 e. The number of amides is 1. The SMILES string of the molecule is CCC1(O)CN(C(=O)Cc2cccs2)C1. The van der Waals surface area contributed by atoms with Gasteiger partial charge in [-0.2, -0.15) is 0 Å². The summed E-state index contributed by atoms with van der Waals surface area (Å²) in [4.78, 5) is 14.5. The van der Waals surface area contributed by atoms with Crippen molar-refractivity contribution in [3.05, 3.63) is 22.4 Å². The molecule has 4 heteroatoms. The zero-order valence-electron chi connectivity index (χ0n) is 8.77. The van der Waals surface area contributed by atoms with Crippen LogP contribution in [0.3, 0.4) is 0 Å². The van der Waals surface area contributed by atoms with E-state index in [9.17, 15) is 9.90 Å². The summed E-state index contributed by atoms with van der Waals surface area (Å²) in [5.74, 6) is 0.121. The van der Waals surface area contributed by atoms with E-state index >= 15 is 0 Å². The van der Waals surface area contributed by atoms with Gasteiger partial charge in [-0.1, -0.05) is 13.0 Å². The normalized spacial score (nSPS) is 18.7. The zero-order valence-corrected chi connectivity index (χ0v) is 9.59. The van der Waals surface area contributed by atoms with Crippen LogP contribution in [0.1, 0.15) is 18.2 Å². The second-order valence-corrected chi connectivity index (χ2v) is 5.12. The maximum atomic E-state index is 11.7. The summed E-state index contributed by atoms with van der Waals surface area (Å²) in [7, 11) is 0. The van der Waals surface area contributed by atoms with Crippen LogP contribution in [0, 0.1) is 0 Å². The van der Waals surface area contributed by atoms with Gasteiger partial charge in [0, 0.05) is 4.88 Å². The summed E-state index contributed by atoms with van der Waals surface area (Å²) in [6, 6.07) is 3.92. The van der Waals surface area contributed by atoms with Gasteiger partial charge in [0.05, 0.1) is 25.1 Å². The summed E-state index contributed by atoms with van der Waals surface area (Å²) in [6.45, 7) is 2.93. The first kappa shape index (κ1) is 10.6. The van der Waals surface area contributed by atoms with Gasteiger partial charge in [-0.3, -0.25) is 4.79 Å². The second kappa shape index (κ2) is 3.94. The summed E-state index contributed by atoms with van der Waals surface area (Å²) >= 11 is 1.60. The molecule has 1 aromatic rings. The molecule has 0 unspecified atom stereocenters. The molecule has 1 amide bonds. The van der Waals surface area contributed by atoms with Gasteiger partial charge in [0.1, 0.15) is 0 Å². The number of likely N-dealkylation sites (tertiary alicyclic amines) is 1. The Morgan fingerprint density at radius 3 is 2.93 bits per heavy atom. The van der Waals surface area contributed by atoms with Crippen LogP contribution < -0.4 is 0 Å². The molecular formula is C11H15NO2S. The highest BCUT2D eigenvalue weighted by atomic mass is 32.1. The van der Waals surface area contributed by atoms with E-state index in [1.54, 1.807) is 16.2 Å². The van der Waals surface area contributed by atoms with Gasteiger partial charge < -0.3 is 10.0 Å². The summed E-state index contributed by atoms with van der Waals surface area (Å²) in [5, 5.41) is 11.7. The third-order valence-electron chi connectivity index (χ3n) is 2.89. The minimum Gasteiger partial charge on any atom is -0.386 e. The molecule has 0 saturated carbocycles. The highest BCUT2D eigenvalue weighted by molar-refractivity contribution is 7.10. The van der Waals surface area contributed by atoms with Gasteiger partial charge in [0.25, 0.3) is 0 Å².